The molecule has 6 heteroatoms. The van der Waals surface area contributed by atoms with Crippen LogP contribution in [0.3, 0.4) is 0 Å². The second-order valence-corrected chi connectivity index (χ2v) is 6.72. The van der Waals surface area contributed by atoms with Crippen molar-refractivity contribution in [3.8, 4) is 6.07 Å². The first-order valence-corrected chi connectivity index (χ1v) is 8.21. The fourth-order valence-corrected chi connectivity index (χ4v) is 3.34. The Bertz CT molecular complexity index is 1010. The first kappa shape index (κ1) is 16.0. The third kappa shape index (κ3) is 2.54. The topological polar surface area (TPSA) is 80.8 Å². The molecule has 1 aliphatic heterocycles. The average Bonchev–Trinajstić information content (AvgIpc) is 3.23. The van der Waals surface area contributed by atoms with E-state index >= 15 is 0 Å². The van der Waals surface area contributed by atoms with Crippen LogP contribution in [0.5, 0.6) is 0 Å². The highest BCUT2D eigenvalue weighted by molar-refractivity contribution is 5.94. The molecule has 0 bridgehead atoms. The number of rotatable bonds is 3. The van der Waals surface area contributed by atoms with Gasteiger partial charge >= 0.3 is 5.97 Å². The molecule has 0 fully saturated rings. The number of benzene rings is 2. The zero-order valence-electron chi connectivity index (χ0n) is 14.4. The molecule has 0 radical (unpaired) electrons. The minimum absolute atomic E-state index is 0.220. The molecule has 1 aromatic heterocycles. The van der Waals surface area contributed by atoms with E-state index in [1.54, 1.807) is 29.2 Å². The number of hydrogen-bond acceptors (Lipinski definition) is 5. The van der Waals surface area contributed by atoms with Crippen LogP contribution in [-0.4, -0.2) is 20.7 Å². The molecule has 0 aliphatic carbocycles. The summed E-state index contributed by atoms with van der Waals surface area (Å²) in [6.45, 7) is 3.76. The lowest BCUT2D eigenvalue weighted by atomic mass is 9.90. The molecule has 3 aromatic rings. The van der Waals surface area contributed by atoms with Gasteiger partial charge in [-0.05, 0) is 49.2 Å². The first-order chi connectivity index (χ1) is 12.5. The minimum atomic E-state index is -0.667. The fraction of sp³-hybridized carbons (Fsp3) is 0.200. The van der Waals surface area contributed by atoms with Crippen molar-refractivity contribution in [2.75, 3.05) is 0 Å². The van der Waals surface area contributed by atoms with Gasteiger partial charge in [0.25, 0.3) is 0 Å². The third-order valence-corrected chi connectivity index (χ3v) is 4.63. The second kappa shape index (κ2) is 5.81. The highest BCUT2D eigenvalue weighted by atomic mass is 16.6. The van der Waals surface area contributed by atoms with E-state index in [2.05, 4.69) is 16.2 Å². The van der Waals surface area contributed by atoms with Crippen LogP contribution in [0.1, 0.15) is 52.5 Å². The van der Waals surface area contributed by atoms with Crippen molar-refractivity contribution >= 4 is 5.97 Å². The summed E-state index contributed by atoms with van der Waals surface area (Å²) in [5, 5.41) is 13.3. The van der Waals surface area contributed by atoms with Gasteiger partial charge in [-0.3, -0.25) is 0 Å². The summed E-state index contributed by atoms with van der Waals surface area (Å²) in [7, 11) is 0. The lowest BCUT2D eigenvalue weighted by molar-refractivity contribution is 0.00952. The molecule has 0 amide bonds. The van der Waals surface area contributed by atoms with Crippen molar-refractivity contribution < 1.29 is 9.53 Å². The van der Waals surface area contributed by atoms with Crippen molar-refractivity contribution in [3.05, 3.63) is 82.9 Å². The van der Waals surface area contributed by atoms with Crippen LogP contribution < -0.4 is 0 Å². The van der Waals surface area contributed by atoms with Crippen LogP contribution >= 0.6 is 0 Å². The van der Waals surface area contributed by atoms with Crippen LogP contribution in [0, 0.1) is 11.3 Å². The van der Waals surface area contributed by atoms with Gasteiger partial charge in [-0.25, -0.2) is 14.5 Å². The van der Waals surface area contributed by atoms with Gasteiger partial charge < -0.3 is 4.74 Å². The molecule has 0 saturated heterocycles. The van der Waals surface area contributed by atoms with Crippen molar-refractivity contribution in [3.63, 3.8) is 0 Å². The highest BCUT2D eigenvalue weighted by Crippen LogP contribution is 2.38. The van der Waals surface area contributed by atoms with E-state index in [1.165, 1.54) is 6.33 Å². The predicted octanol–water partition coefficient (Wildman–Crippen LogP) is 3.19. The number of carbonyl (C=O) groups excluding carboxylic acids is 1. The summed E-state index contributed by atoms with van der Waals surface area (Å²) in [6.07, 6.45) is 3.14. The SMILES string of the molecule is CC1(C)OC(=O)c2ccc(C(c3ccc(C#N)cc3)n3cncn3)cc21. The standard InChI is InChI=1S/C20H16N4O2/c1-20(2)17-9-15(7-8-16(17)19(25)26-20)18(24-12-22-11-23-24)14-5-3-13(10-21)4-6-14/h3-9,11-12,18H,1-2H3. The third-order valence-electron chi connectivity index (χ3n) is 4.63. The van der Waals surface area contributed by atoms with Gasteiger partial charge in [0.1, 0.15) is 24.3 Å². The zero-order chi connectivity index (χ0) is 18.3. The maximum atomic E-state index is 12.1. The Morgan fingerprint density at radius 1 is 1.15 bits per heavy atom. The number of nitrogens with zero attached hydrogens (tertiary/aromatic N) is 4. The van der Waals surface area contributed by atoms with Gasteiger partial charge in [0.15, 0.2) is 0 Å². The number of carbonyl (C=O) groups is 1. The molecule has 6 nitrogen and oxygen atoms in total. The molecular formula is C20H16N4O2. The summed E-state index contributed by atoms with van der Waals surface area (Å²) >= 11 is 0. The number of ether oxygens (including phenoxy) is 1. The maximum Gasteiger partial charge on any atom is 0.339 e. The van der Waals surface area contributed by atoms with Gasteiger partial charge in [-0.1, -0.05) is 18.2 Å². The lowest BCUT2D eigenvalue weighted by Gasteiger charge is -2.22. The molecule has 0 spiro atoms. The number of cyclic esters (lactones) is 1. The van der Waals surface area contributed by atoms with Gasteiger partial charge in [-0.15, -0.1) is 0 Å². The molecule has 1 unspecified atom stereocenters. The first-order valence-electron chi connectivity index (χ1n) is 8.21. The Balaban J connectivity index is 1.86. The molecule has 26 heavy (non-hydrogen) atoms. The Morgan fingerprint density at radius 3 is 2.54 bits per heavy atom. The van der Waals surface area contributed by atoms with Gasteiger partial charge in [-0.2, -0.15) is 10.4 Å². The minimum Gasteiger partial charge on any atom is -0.451 e. The van der Waals surface area contributed by atoms with E-state index in [0.717, 1.165) is 16.7 Å². The Morgan fingerprint density at radius 2 is 1.88 bits per heavy atom. The number of hydrogen-bond donors (Lipinski definition) is 0. The highest BCUT2D eigenvalue weighted by Gasteiger charge is 2.38. The number of nitriles is 1. The summed E-state index contributed by atoms with van der Waals surface area (Å²) in [6, 6.07) is 15.0. The lowest BCUT2D eigenvalue weighted by Crippen LogP contribution is -2.17. The van der Waals surface area contributed by atoms with Crippen molar-refractivity contribution in [2.24, 2.45) is 0 Å². The molecule has 0 N–H and O–H groups in total. The molecule has 2 aromatic carbocycles. The number of fused-ring (bicyclic) bond motifs is 1. The molecule has 1 aliphatic rings. The Kier molecular flexibility index (Phi) is 3.58. The maximum absolute atomic E-state index is 12.1. The van der Waals surface area contributed by atoms with Crippen LogP contribution in [-0.2, 0) is 10.3 Å². The van der Waals surface area contributed by atoms with Crippen molar-refractivity contribution in [1.29, 1.82) is 5.26 Å². The summed E-state index contributed by atoms with van der Waals surface area (Å²) < 4.78 is 7.23. The van der Waals surface area contributed by atoms with Gasteiger partial charge in [0, 0.05) is 5.56 Å². The van der Waals surface area contributed by atoms with E-state index < -0.39 is 5.60 Å². The largest absolute Gasteiger partial charge is 0.451 e. The van der Waals surface area contributed by atoms with Crippen LogP contribution in [0.15, 0.2) is 55.1 Å². The fourth-order valence-electron chi connectivity index (χ4n) is 3.34. The molecule has 1 atom stereocenters. The number of aromatic nitrogens is 3. The molecule has 128 valence electrons. The predicted molar refractivity (Wildman–Crippen MR) is 93.3 cm³/mol. The average molecular weight is 344 g/mol. The quantitative estimate of drug-likeness (QED) is 0.682. The summed E-state index contributed by atoms with van der Waals surface area (Å²) in [5.41, 5.74) is 3.32. The Hall–Kier alpha value is -3.46. The van der Waals surface area contributed by atoms with Crippen molar-refractivity contribution in [1.82, 2.24) is 14.8 Å². The molecular weight excluding hydrogens is 328 g/mol. The normalized spacial score (nSPS) is 15.8. The van der Waals surface area contributed by atoms with Crippen LogP contribution in [0.25, 0.3) is 0 Å². The van der Waals surface area contributed by atoms with E-state index in [-0.39, 0.29) is 12.0 Å². The van der Waals surface area contributed by atoms with Gasteiger partial charge in [0.2, 0.25) is 0 Å². The van der Waals surface area contributed by atoms with Crippen molar-refractivity contribution in [2.45, 2.75) is 25.5 Å². The molecule has 2 heterocycles. The van der Waals surface area contributed by atoms with E-state index in [9.17, 15) is 4.79 Å². The molecule has 4 rings (SSSR count). The summed E-state index contributed by atoms with van der Waals surface area (Å²) in [4.78, 5) is 16.1. The number of esters is 1. The Labute approximate surface area is 150 Å². The smallest absolute Gasteiger partial charge is 0.339 e. The second-order valence-electron chi connectivity index (χ2n) is 6.72. The van der Waals surface area contributed by atoms with Gasteiger partial charge in [0.05, 0.1) is 17.2 Å². The van der Waals surface area contributed by atoms with Crippen LogP contribution in [0.2, 0.25) is 0 Å². The van der Waals surface area contributed by atoms with E-state index in [0.29, 0.717) is 11.1 Å². The van der Waals surface area contributed by atoms with E-state index in [1.807, 2.05) is 38.1 Å². The monoisotopic (exact) mass is 344 g/mol. The van der Waals surface area contributed by atoms with Crippen LogP contribution in [0.4, 0.5) is 0 Å². The van der Waals surface area contributed by atoms with E-state index in [4.69, 9.17) is 10.00 Å². The zero-order valence-corrected chi connectivity index (χ0v) is 14.4. The summed E-state index contributed by atoms with van der Waals surface area (Å²) in [5.74, 6) is -0.299. The molecule has 0 saturated carbocycles.